The predicted molar refractivity (Wildman–Crippen MR) is 115 cm³/mol. The van der Waals surface area contributed by atoms with Crippen LogP contribution < -0.4 is 10.2 Å². The summed E-state index contributed by atoms with van der Waals surface area (Å²) in [6.07, 6.45) is 2.95. The van der Waals surface area contributed by atoms with E-state index in [0.29, 0.717) is 33.9 Å². The molecular formula is C21H20Cl2N4O2. The van der Waals surface area contributed by atoms with Gasteiger partial charge in [-0.3, -0.25) is 4.79 Å². The van der Waals surface area contributed by atoms with Crippen molar-refractivity contribution < 1.29 is 9.32 Å². The van der Waals surface area contributed by atoms with Gasteiger partial charge in [-0.15, -0.1) is 0 Å². The lowest BCUT2D eigenvalue weighted by atomic mass is 10.2. The minimum absolute atomic E-state index is 0.138. The van der Waals surface area contributed by atoms with Crippen LogP contribution in [0.5, 0.6) is 0 Å². The SMILES string of the molecule is O=C(CCc1nc(-c2ccc(Cl)cc2)no1)Nc1ccc(N2CCCC2)c(Cl)c1. The maximum Gasteiger partial charge on any atom is 0.227 e. The zero-order valence-electron chi connectivity index (χ0n) is 15.7. The zero-order valence-corrected chi connectivity index (χ0v) is 17.2. The molecule has 4 rings (SSSR count). The monoisotopic (exact) mass is 430 g/mol. The fourth-order valence-corrected chi connectivity index (χ4v) is 3.74. The maximum atomic E-state index is 12.3. The van der Waals surface area contributed by atoms with E-state index in [1.165, 1.54) is 12.8 Å². The van der Waals surface area contributed by atoms with Crippen molar-refractivity contribution in [2.75, 3.05) is 23.3 Å². The lowest BCUT2D eigenvalue weighted by Crippen LogP contribution is -2.18. The van der Waals surface area contributed by atoms with Crippen molar-refractivity contribution in [1.29, 1.82) is 0 Å². The number of nitrogens with one attached hydrogen (secondary N) is 1. The summed E-state index contributed by atoms with van der Waals surface area (Å²) in [5, 5.41) is 8.11. The van der Waals surface area contributed by atoms with Gasteiger partial charge >= 0.3 is 0 Å². The summed E-state index contributed by atoms with van der Waals surface area (Å²) in [6, 6.07) is 12.8. The smallest absolute Gasteiger partial charge is 0.227 e. The molecule has 0 aliphatic carbocycles. The molecule has 1 saturated heterocycles. The van der Waals surface area contributed by atoms with Crippen LogP contribution in [0, 0.1) is 0 Å². The van der Waals surface area contributed by atoms with Crippen LogP contribution in [-0.2, 0) is 11.2 Å². The summed E-state index contributed by atoms with van der Waals surface area (Å²) in [5.74, 6) is 0.745. The fourth-order valence-electron chi connectivity index (χ4n) is 3.32. The highest BCUT2D eigenvalue weighted by atomic mass is 35.5. The Morgan fingerprint density at radius 1 is 1.10 bits per heavy atom. The molecule has 0 radical (unpaired) electrons. The standard InChI is InChI=1S/C21H20Cl2N4O2/c22-15-5-3-14(4-6-15)21-25-20(29-26-21)10-9-19(28)24-16-7-8-18(17(23)13-16)27-11-1-2-12-27/h3-8,13H,1-2,9-12H2,(H,24,28). The lowest BCUT2D eigenvalue weighted by molar-refractivity contribution is -0.116. The van der Waals surface area contributed by atoms with E-state index in [1.54, 1.807) is 18.2 Å². The molecule has 1 aliphatic rings. The largest absolute Gasteiger partial charge is 0.370 e. The molecule has 0 bridgehead atoms. The van der Waals surface area contributed by atoms with E-state index in [0.717, 1.165) is 24.3 Å². The number of carbonyl (C=O) groups excluding carboxylic acids is 1. The number of hydrogen-bond acceptors (Lipinski definition) is 5. The van der Waals surface area contributed by atoms with Gasteiger partial charge in [0, 0.05) is 42.2 Å². The summed E-state index contributed by atoms with van der Waals surface area (Å²) in [5.41, 5.74) is 2.50. The summed E-state index contributed by atoms with van der Waals surface area (Å²) >= 11 is 12.3. The van der Waals surface area contributed by atoms with Gasteiger partial charge in [-0.25, -0.2) is 0 Å². The highest BCUT2D eigenvalue weighted by Gasteiger charge is 2.16. The summed E-state index contributed by atoms with van der Waals surface area (Å²) in [4.78, 5) is 18.9. The van der Waals surface area contributed by atoms with Gasteiger partial charge < -0.3 is 14.7 Å². The molecule has 1 amide bonds. The van der Waals surface area contributed by atoms with E-state index < -0.39 is 0 Å². The summed E-state index contributed by atoms with van der Waals surface area (Å²) < 4.78 is 5.24. The van der Waals surface area contributed by atoms with Crippen LogP contribution in [0.15, 0.2) is 47.0 Å². The Labute approximate surface area is 178 Å². The molecule has 150 valence electrons. The Balaban J connectivity index is 1.32. The molecule has 29 heavy (non-hydrogen) atoms. The Hall–Kier alpha value is -2.57. The number of benzene rings is 2. The van der Waals surface area contributed by atoms with Crippen molar-refractivity contribution in [3.63, 3.8) is 0 Å². The molecule has 0 unspecified atom stereocenters. The van der Waals surface area contributed by atoms with Gasteiger partial charge in [-0.05, 0) is 55.3 Å². The topological polar surface area (TPSA) is 71.3 Å². The normalized spacial score (nSPS) is 13.7. The maximum absolute atomic E-state index is 12.3. The van der Waals surface area contributed by atoms with Gasteiger partial charge in [0.25, 0.3) is 0 Å². The van der Waals surface area contributed by atoms with E-state index in [2.05, 4.69) is 20.4 Å². The molecule has 0 saturated carbocycles. The number of carbonyl (C=O) groups is 1. The molecule has 3 aromatic rings. The lowest BCUT2D eigenvalue weighted by Gasteiger charge is -2.19. The Bertz CT molecular complexity index is 998. The van der Waals surface area contributed by atoms with Crippen molar-refractivity contribution in [2.24, 2.45) is 0 Å². The first-order valence-electron chi connectivity index (χ1n) is 9.51. The van der Waals surface area contributed by atoms with Crippen LogP contribution in [0.25, 0.3) is 11.4 Å². The number of anilines is 2. The molecule has 1 fully saturated rings. The highest BCUT2D eigenvalue weighted by molar-refractivity contribution is 6.33. The quantitative estimate of drug-likeness (QED) is 0.580. The van der Waals surface area contributed by atoms with Gasteiger partial charge in [0.2, 0.25) is 17.6 Å². The number of aromatic nitrogens is 2. The van der Waals surface area contributed by atoms with E-state index in [-0.39, 0.29) is 12.3 Å². The van der Waals surface area contributed by atoms with Gasteiger partial charge in [0.1, 0.15) is 0 Å². The molecular weight excluding hydrogens is 411 g/mol. The summed E-state index contributed by atoms with van der Waals surface area (Å²) in [7, 11) is 0. The van der Waals surface area contributed by atoms with Gasteiger partial charge in [-0.1, -0.05) is 28.4 Å². The first-order chi connectivity index (χ1) is 14.1. The average Bonchev–Trinajstić information content (AvgIpc) is 3.39. The third kappa shape index (κ3) is 4.89. The minimum atomic E-state index is -0.138. The number of aryl methyl sites for hydroxylation is 1. The minimum Gasteiger partial charge on any atom is -0.370 e. The number of rotatable bonds is 6. The Morgan fingerprint density at radius 3 is 2.59 bits per heavy atom. The molecule has 8 heteroatoms. The van der Waals surface area contributed by atoms with Crippen molar-refractivity contribution in [2.45, 2.75) is 25.7 Å². The van der Waals surface area contributed by atoms with Gasteiger partial charge in [0.15, 0.2) is 0 Å². The predicted octanol–water partition coefficient (Wildman–Crippen LogP) is 5.21. The Kier molecular flexibility index (Phi) is 6.02. The van der Waals surface area contributed by atoms with Crippen LogP contribution in [-0.4, -0.2) is 29.1 Å². The molecule has 2 heterocycles. The molecule has 2 aromatic carbocycles. The zero-order chi connectivity index (χ0) is 20.2. The molecule has 1 aromatic heterocycles. The van der Waals surface area contributed by atoms with E-state index in [1.807, 2.05) is 24.3 Å². The van der Waals surface area contributed by atoms with Crippen molar-refractivity contribution >= 4 is 40.5 Å². The number of halogens is 2. The second-order valence-corrected chi connectivity index (χ2v) is 7.77. The molecule has 1 N–H and O–H groups in total. The van der Waals surface area contributed by atoms with E-state index in [4.69, 9.17) is 27.7 Å². The van der Waals surface area contributed by atoms with Crippen molar-refractivity contribution in [3.05, 3.63) is 58.4 Å². The number of amides is 1. The van der Waals surface area contributed by atoms with Crippen LogP contribution in [0.2, 0.25) is 10.0 Å². The highest BCUT2D eigenvalue weighted by Crippen LogP contribution is 2.31. The average molecular weight is 431 g/mol. The first kappa shape index (κ1) is 19.7. The molecule has 6 nitrogen and oxygen atoms in total. The van der Waals surface area contributed by atoms with Crippen LogP contribution in [0.1, 0.15) is 25.2 Å². The van der Waals surface area contributed by atoms with E-state index >= 15 is 0 Å². The molecule has 1 aliphatic heterocycles. The fraction of sp³-hybridized carbons (Fsp3) is 0.286. The second-order valence-electron chi connectivity index (χ2n) is 6.93. The summed E-state index contributed by atoms with van der Waals surface area (Å²) in [6.45, 7) is 2.04. The van der Waals surface area contributed by atoms with Crippen LogP contribution >= 0.6 is 23.2 Å². The van der Waals surface area contributed by atoms with E-state index in [9.17, 15) is 4.79 Å². The van der Waals surface area contributed by atoms with Crippen molar-refractivity contribution in [3.8, 4) is 11.4 Å². The third-order valence-corrected chi connectivity index (χ3v) is 5.37. The number of nitrogens with zero attached hydrogens (tertiary/aromatic N) is 3. The van der Waals surface area contributed by atoms with Gasteiger partial charge in [0.05, 0.1) is 10.7 Å². The first-order valence-corrected chi connectivity index (χ1v) is 10.3. The molecule has 0 spiro atoms. The van der Waals surface area contributed by atoms with Crippen LogP contribution in [0.4, 0.5) is 11.4 Å². The number of hydrogen-bond donors (Lipinski definition) is 1. The van der Waals surface area contributed by atoms with Crippen LogP contribution in [0.3, 0.4) is 0 Å². The molecule has 0 atom stereocenters. The van der Waals surface area contributed by atoms with Gasteiger partial charge in [-0.2, -0.15) is 4.98 Å². The Morgan fingerprint density at radius 2 is 1.86 bits per heavy atom. The third-order valence-electron chi connectivity index (χ3n) is 4.81. The second kappa shape index (κ2) is 8.84. The van der Waals surface area contributed by atoms with Crippen molar-refractivity contribution in [1.82, 2.24) is 10.1 Å².